The molecular weight excluding hydrogens is 213 g/mol. The van der Waals surface area contributed by atoms with Crippen LogP contribution in [0.4, 0.5) is 0 Å². The molecule has 0 spiro atoms. The highest BCUT2D eigenvalue weighted by atomic mass is 16.5. The van der Waals surface area contributed by atoms with Gasteiger partial charge in [0.15, 0.2) is 0 Å². The lowest BCUT2D eigenvalue weighted by molar-refractivity contribution is -0.143. The standard InChI is InChI=1S/C11H15B3O3/c1-3-4-5-9-6-7-10(17-9)11(14(12)13)16-8(2)15/h6-7,11H,3-5H2,1-2H3/t11-/m1/s1. The molecule has 0 aliphatic carbocycles. The first kappa shape index (κ1) is 14.0. The van der Waals surface area contributed by atoms with Crippen LogP contribution >= 0.6 is 0 Å². The number of hydrogen-bond donors (Lipinski definition) is 0. The third-order valence-corrected chi connectivity index (χ3v) is 2.38. The van der Waals surface area contributed by atoms with Crippen molar-refractivity contribution in [1.29, 1.82) is 0 Å². The average molecular weight is 228 g/mol. The molecular formula is C11H15B3O3. The van der Waals surface area contributed by atoms with Gasteiger partial charge in [-0.15, -0.1) is 0 Å². The van der Waals surface area contributed by atoms with E-state index in [1.807, 2.05) is 6.07 Å². The van der Waals surface area contributed by atoms with Gasteiger partial charge in [-0.05, 0) is 18.6 Å². The van der Waals surface area contributed by atoms with Gasteiger partial charge in [-0.3, -0.25) is 4.79 Å². The van der Waals surface area contributed by atoms with Crippen LogP contribution in [-0.4, -0.2) is 27.9 Å². The first-order valence-corrected chi connectivity index (χ1v) is 5.81. The number of ether oxygens (including phenoxy) is 1. The number of furan rings is 1. The van der Waals surface area contributed by atoms with Gasteiger partial charge >= 0.3 is 5.97 Å². The topological polar surface area (TPSA) is 39.4 Å². The summed E-state index contributed by atoms with van der Waals surface area (Å²) in [6.45, 7) is 2.64. The fourth-order valence-corrected chi connectivity index (χ4v) is 1.54. The van der Waals surface area contributed by atoms with E-state index < -0.39 is 18.5 Å². The van der Waals surface area contributed by atoms with Gasteiger partial charge in [0, 0.05) is 28.8 Å². The lowest BCUT2D eigenvalue weighted by atomic mass is 9.16. The SMILES string of the molecule is [B]B([B])[C@H](OC(C)=O)c1ccc(CCCC)o1. The summed E-state index contributed by atoms with van der Waals surface area (Å²) in [5.41, 5.74) is 0. The van der Waals surface area contributed by atoms with Crippen LogP contribution in [0.15, 0.2) is 16.5 Å². The maximum Gasteiger partial charge on any atom is 0.302 e. The van der Waals surface area contributed by atoms with Crippen LogP contribution in [0.25, 0.3) is 0 Å². The van der Waals surface area contributed by atoms with Crippen LogP contribution in [0.3, 0.4) is 0 Å². The zero-order valence-electron chi connectivity index (χ0n) is 10.3. The Morgan fingerprint density at radius 3 is 2.76 bits per heavy atom. The third-order valence-electron chi connectivity index (χ3n) is 2.38. The summed E-state index contributed by atoms with van der Waals surface area (Å²) in [5, 5.41) is 0. The van der Waals surface area contributed by atoms with Crippen molar-refractivity contribution >= 4 is 27.9 Å². The van der Waals surface area contributed by atoms with Crippen molar-refractivity contribution in [3.05, 3.63) is 23.7 Å². The van der Waals surface area contributed by atoms with Crippen LogP contribution in [0, 0.1) is 0 Å². The van der Waals surface area contributed by atoms with Crippen LogP contribution in [-0.2, 0) is 16.0 Å². The molecule has 1 aromatic rings. The molecule has 1 heterocycles. The fraction of sp³-hybridized carbons (Fsp3) is 0.545. The van der Waals surface area contributed by atoms with E-state index in [0.29, 0.717) is 5.76 Å². The lowest BCUT2D eigenvalue weighted by Gasteiger charge is -2.17. The highest BCUT2D eigenvalue weighted by Gasteiger charge is 2.23. The maximum atomic E-state index is 10.9. The Bertz CT molecular complexity index is 363. The van der Waals surface area contributed by atoms with Crippen molar-refractivity contribution in [2.24, 2.45) is 0 Å². The second-order valence-corrected chi connectivity index (χ2v) is 4.02. The molecule has 6 heteroatoms. The van der Waals surface area contributed by atoms with E-state index in [1.165, 1.54) is 6.92 Å². The molecule has 0 aliphatic heterocycles. The minimum atomic E-state index is -0.788. The van der Waals surface area contributed by atoms with Crippen molar-refractivity contribution in [2.75, 3.05) is 0 Å². The van der Waals surface area contributed by atoms with Crippen molar-refractivity contribution in [3.63, 3.8) is 0 Å². The Hall–Kier alpha value is -1.06. The summed E-state index contributed by atoms with van der Waals surface area (Å²) < 4.78 is 10.6. The molecule has 17 heavy (non-hydrogen) atoms. The Morgan fingerprint density at radius 2 is 2.24 bits per heavy atom. The van der Waals surface area contributed by atoms with Crippen LogP contribution in [0.2, 0.25) is 0 Å². The Labute approximate surface area is 105 Å². The van der Waals surface area contributed by atoms with Crippen LogP contribution in [0.5, 0.6) is 0 Å². The molecule has 0 aromatic carbocycles. The normalized spacial score (nSPS) is 12.1. The molecule has 0 unspecified atom stereocenters. The van der Waals surface area contributed by atoms with Crippen molar-refractivity contribution in [2.45, 2.75) is 39.1 Å². The molecule has 1 atom stereocenters. The zero-order valence-corrected chi connectivity index (χ0v) is 10.3. The molecule has 3 nitrogen and oxygen atoms in total. The Balaban J connectivity index is 2.73. The van der Waals surface area contributed by atoms with Crippen molar-refractivity contribution < 1.29 is 13.9 Å². The molecule has 0 saturated carbocycles. The molecule has 0 N–H and O–H groups in total. The Morgan fingerprint density at radius 1 is 1.53 bits per heavy atom. The minimum absolute atomic E-state index is 0.428. The first-order valence-electron chi connectivity index (χ1n) is 5.81. The molecule has 4 radical (unpaired) electrons. The molecule has 0 saturated heterocycles. The first-order chi connectivity index (χ1) is 8.04. The number of aryl methyl sites for hydroxylation is 1. The van der Waals surface area contributed by atoms with E-state index in [0.717, 1.165) is 25.0 Å². The summed E-state index contributed by atoms with van der Waals surface area (Å²) in [4.78, 5) is 10.9. The monoisotopic (exact) mass is 228 g/mol. The molecule has 0 amide bonds. The largest absolute Gasteiger partial charge is 0.465 e. The van der Waals surface area contributed by atoms with E-state index in [-0.39, 0.29) is 0 Å². The lowest BCUT2D eigenvalue weighted by Crippen LogP contribution is -2.28. The summed E-state index contributed by atoms with van der Waals surface area (Å²) in [6, 6.07) is 2.90. The zero-order chi connectivity index (χ0) is 12.8. The summed E-state index contributed by atoms with van der Waals surface area (Å²) in [7, 11) is 11.1. The van der Waals surface area contributed by atoms with Gasteiger partial charge in [-0.1, -0.05) is 13.3 Å². The van der Waals surface area contributed by atoms with E-state index in [1.54, 1.807) is 6.07 Å². The smallest absolute Gasteiger partial charge is 0.302 e. The van der Waals surface area contributed by atoms with Gasteiger partial charge in [-0.2, -0.15) is 0 Å². The maximum absolute atomic E-state index is 10.9. The van der Waals surface area contributed by atoms with Gasteiger partial charge in [0.25, 0.3) is 0 Å². The molecule has 1 rings (SSSR count). The molecule has 1 aromatic heterocycles. The molecule has 0 aliphatic rings. The second-order valence-electron chi connectivity index (χ2n) is 4.02. The van der Waals surface area contributed by atoms with Gasteiger partial charge in [0.2, 0.25) is 0 Å². The predicted octanol–water partition coefficient (Wildman–Crippen LogP) is 1.59. The van der Waals surface area contributed by atoms with E-state index >= 15 is 0 Å². The molecule has 0 bridgehead atoms. The predicted molar refractivity (Wildman–Crippen MR) is 69.1 cm³/mol. The number of unbranched alkanes of at least 4 members (excludes halogenated alkanes) is 1. The quantitative estimate of drug-likeness (QED) is 0.547. The molecule has 86 valence electrons. The Kier molecular flexibility index (Phi) is 5.46. The van der Waals surface area contributed by atoms with Gasteiger partial charge < -0.3 is 9.15 Å². The molecule has 0 fully saturated rings. The average Bonchev–Trinajstić information content (AvgIpc) is 2.70. The van der Waals surface area contributed by atoms with Crippen molar-refractivity contribution in [1.82, 2.24) is 0 Å². The highest BCUT2D eigenvalue weighted by molar-refractivity contribution is 7.29. The number of rotatable bonds is 6. The fourth-order valence-electron chi connectivity index (χ4n) is 1.54. The summed E-state index contributed by atoms with van der Waals surface area (Å²) in [5.74, 6) is 0.934. The number of hydrogen-bond acceptors (Lipinski definition) is 3. The second kappa shape index (κ2) is 6.62. The highest BCUT2D eigenvalue weighted by Crippen LogP contribution is 2.22. The van der Waals surface area contributed by atoms with E-state index in [4.69, 9.17) is 24.6 Å². The third kappa shape index (κ3) is 4.37. The van der Waals surface area contributed by atoms with Crippen molar-refractivity contribution in [3.8, 4) is 0 Å². The number of carbonyl (C=O) groups is 1. The minimum Gasteiger partial charge on any atom is -0.465 e. The number of esters is 1. The van der Waals surface area contributed by atoms with Crippen LogP contribution < -0.4 is 0 Å². The van der Waals surface area contributed by atoms with Gasteiger partial charge in [0.05, 0.1) is 0 Å². The van der Waals surface area contributed by atoms with E-state index in [2.05, 4.69) is 6.92 Å². The van der Waals surface area contributed by atoms with E-state index in [9.17, 15) is 4.79 Å². The number of carbonyl (C=O) groups excluding carboxylic acids is 1. The van der Waals surface area contributed by atoms with Gasteiger partial charge in [0.1, 0.15) is 24.0 Å². The summed E-state index contributed by atoms with van der Waals surface area (Å²) >= 11 is 0. The summed E-state index contributed by atoms with van der Waals surface area (Å²) in [6.07, 6.45) is 3.02. The van der Waals surface area contributed by atoms with Crippen LogP contribution in [0.1, 0.15) is 44.2 Å². The van der Waals surface area contributed by atoms with Gasteiger partial charge in [-0.25, -0.2) is 0 Å².